The molecule has 2 aromatic rings. The fraction of sp³-hybridized carbons (Fsp3) is 0.158. The molecule has 0 aliphatic carbocycles. The maximum Gasteiger partial charge on any atom is 0.322 e. The van der Waals surface area contributed by atoms with Crippen LogP contribution in [0.4, 0.5) is 14.9 Å². The van der Waals surface area contributed by atoms with Gasteiger partial charge in [0.15, 0.2) is 11.6 Å². The van der Waals surface area contributed by atoms with Crippen LogP contribution in [0, 0.1) is 11.7 Å². The van der Waals surface area contributed by atoms with Crippen molar-refractivity contribution in [2.75, 3.05) is 5.32 Å². The lowest BCUT2D eigenvalue weighted by molar-refractivity contribution is -0.144. The number of hydrogen-bond donors (Lipinski definition) is 4. The van der Waals surface area contributed by atoms with E-state index in [0.29, 0.717) is 5.69 Å². The predicted molar refractivity (Wildman–Crippen MR) is 96.9 cm³/mol. The molecule has 10 heteroatoms. The van der Waals surface area contributed by atoms with Crippen molar-refractivity contribution in [3.05, 3.63) is 59.9 Å². The Morgan fingerprint density at radius 1 is 1.14 bits per heavy atom. The molecule has 3 atom stereocenters. The van der Waals surface area contributed by atoms with Crippen LogP contribution < -0.4 is 26.4 Å². The van der Waals surface area contributed by atoms with E-state index in [1.807, 2.05) is 5.32 Å². The molecule has 2 aromatic carbocycles. The Morgan fingerprint density at radius 2 is 1.86 bits per heavy atom. The van der Waals surface area contributed by atoms with E-state index in [2.05, 4.69) is 10.6 Å². The SMILES string of the molecule is NC(=O)C1Oc2ccc(F)cc2C2(NC(=O)NC2=O)C1C(=O)Nc1ccccc1. The third-order valence-electron chi connectivity index (χ3n) is 4.89. The van der Waals surface area contributed by atoms with Crippen LogP contribution in [0.2, 0.25) is 0 Å². The molecule has 3 unspecified atom stereocenters. The fourth-order valence-corrected chi connectivity index (χ4v) is 3.69. The molecule has 0 radical (unpaired) electrons. The van der Waals surface area contributed by atoms with Crippen molar-refractivity contribution in [2.45, 2.75) is 11.6 Å². The van der Waals surface area contributed by atoms with Gasteiger partial charge in [0.1, 0.15) is 17.5 Å². The number of nitrogens with one attached hydrogen (secondary N) is 3. The summed E-state index contributed by atoms with van der Waals surface area (Å²) < 4.78 is 19.6. The number of halogens is 1. The second kappa shape index (κ2) is 6.59. The van der Waals surface area contributed by atoms with E-state index in [9.17, 15) is 23.6 Å². The molecular formula is C19H15FN4O5. The van der Waals surface area contributed by atoms with Gasteiger partial charge in [0, 0.05) is 11.3 Å². The molecule has 5 N–H and O–H groups in total. The molecule has 0 saturated carbocycles. The summed E-state index contributed by atoms with van der Waals surface area (Å²) in [6, 6.07) is 10.6. The zero-order valence-electron chi connectivity index (χ0n) is 14.8. The smallest absolute Gasteiger partial charge is 0.322 e. The molecule has 1 saturated heterocycles. The van der Waals surface area contributed by atoms with E-state index in [1.165, 1.54) is 6.07 Å². The lowest BCUT2D eigenvalue weighted by atomic mass is 9.72. The number of nitrogens with two attached hydrogens (primary N) is 1. The molecule has 29 heavy (non-hydrogen) atoms. The van der Waals surface area contributed by atoms with Crippen molar-refractivity contribution in [2.24, 2.45) is 11.7 Å². The minimum Gasteiger partial charge on any atom is -0.479 e. The Bertz CT molecular complexity index is 1040. The molecule has 2 aliphatic rings. The average Bonchev–Trinajstić information content (AvgIpc) is 2.97. The number of carbonyl (C=O) groups is 4. The molecule has 5 amide bonds. The van der Waals surface area contributed by atoms with E-state index >= 15 is 0 Å². The van der Waals surface area contributed by atoms with Crippen LogP contribution in [-0.2, 0) is 19.9 Å². The second-order valence-corrected chi connectivity index (χ2v) is 6.63. The minimum absolute atomic E-state index is 0.0451. The lowest BCUT2D eigenvalue weighted by Gasteiger charge is -2.42. The molecular weight excluding hydrogens is 383 g/mol. The van der Waals surface area contributed by atoms with Crippen molar-refractivity contribution in [3.8, 4) is 5.75 Å². The highest BCUT2D eigenvalue weighted by molar-refractivity contribution is 6.13. The zero-order valence-corrected chi connectivity index (χ0v) is 14.8. The van der Waals surface area contributed by atoms with Gasteiger partial charge in [0.25, 0.3) is 11.8 Å². The Labute approximate surface area is 163 Å². The number of primary amides is 1. The standard InChI is InChI=1S/C19H15FN4O5/c20-9-6-7-12-11(8-9)19(17(27)23-18(28)24-19)13(14(29-12)15(21)25)16(26)22-10-4-2-1-3-5-10/h1-8,13-14H,(H2,21,25)(H,22,26)(H2,23,24,27,28). The van der Waals surface area contributed by atoms with Gasteiger partial charge in [-0.3, -0.25) is 19.7 Å². The Hall–Kier alpha value is -3.95. The Morgan fingerprint density at radius 3 is 2.48 bits per heavy atom. The Balaban J connectivity index is 1.89. The topological polar surface area (TPSA) is 140 Å². The molecule has 2 heterocycles. The maximum absolute atomic E-state index is 14.0. The first kappa shape index (κ1) is 18.4. The highest BCUT2D eigenvalue weighted by Crippen LogP contribution is 2.45. The first-order valence-electron chi connectivity index (χ1n) is 8.58. The number of para-hydroxylation sites is 1. The summed E-state index contributed by atoms with van der Waals surface area (Å²) in [5.74, 6) is -5.12. The van der Waals surface area contributed by atoms with Gasteiger partial charge in [-0.25, -0.2) is 9.18 Å². The summed E-state index contributed by atoms with van der Waals surface area (Å²) in [5, 5.41) is 7.01. The number of carbonyl (C=O) groups excluding carboxylic acids is 4. The molecule has 4 rings (SSSR count). The van der Waals surface area contributed by atoms with Crippen molar-refractivity contribution in [3.63, 3.8) is 0 Å². The lowest BCUT2D eigenvalue weighted by Crippen LogP contribution is -2.64. The van der Waals surface area contributed by atoms with Crippen LogP contribution in [0.3, 0.4) is 0 Å². The zero-order chi connectivity index (χ0) is 20.8. The summed E-state index contributed by atoms with van der Waals surface area (Å²) in [7, 11) is 0. The van der Waals surface area contributed by atoms with Gasteiger partial charge in [0.05, 0.1) is 0 Å². The van der Waals surface area contributed by atoms with Gasteiger partial charge in [-0.15, -0.1) is 0 Å². The van der Waals surface area contributed by atoms with Crippen molar-refractivity contribution < 1.29 is 28.3 Å². The monoisotopic (exact) mass is 398 g/mol. The van der Waals surface area contributed by atoms with Crippen LogP contribution in [0.25, 0.3) is 0 Å². The number of anilines is 1. The first-order chi connectivity index (χ1) is 13.8. The van der Waals surface area contributed by atoms with Crippen LogP contribution >= 0.6 is 0 Å². The molecule has 2 aliphatic heterocycles. The summed E-state index contributed by atoms with van der Waals surface area (Å²) in [6.45, 7) is 0. The van der Waals surface area contributed by atoms with Crippen molar-refractivity contribution in [1.82, 2.24) is 10.6 Å². The number of amides is 5. The van der Waals surface area contributed by atoms with Crippen molar-refractivity contribution >= 4 is 29.4 Å². The predicted octanol–water partition coefficient (Wildman–Crippen LogP) is 0.362. The number of urea groups is 1. The summed E-state index contributed by atoms with van der Waals surface area (Å²) in [5.41, 5.74) is 3.66. The molecule has 0 bridgehead atoms. The van der Waals surface area contributed by atoms with Gasteiger partial charge >= 0.3 is 6.03 Å². The molecule has 0 aromatic heterocycles. The third kappa shape index (κ3) is 2.85. The number of rotatable bonds is 3. The highest BCUT2D eigenvalue weighted by atomic mass is 19.1. The van der Waals surface area contributed by atoms with Crippen LogP contribution in [0.1, 0.15) is 5.56 Å². The number of fused-ring (bicyclic) bond motifs is 2. The van der Waals surface area contributed by atoms with E-state index in [1.54, 1.807) is 30.3 Å². The van der Waals surface area contributed by atoms with Gasteiger partial charge in [-0.2, -0.15) is 0 Å². The van der Waals surface area contributed by atoms with Crippen LogP contribution in [0.5, 0.6) is 5.75 Å². The number of ether oxygens (including phenoxy) is 1. The minimum atomic E-state index is -2.08. The van der Waals surface area contributed by atoms with Gasteiger partial charge < -0.3 is 21.1 Å². The number of hydrogen-bond acceptors (Lipinski definition) is 5. The molecule has 1 spiro atoms. The van der Waals surface area contributed by atoms with Gasteiger partial charge in [-0.05, 0) is 30.3 Å². The number of benzene rings is 2. The normalized spacial score (nSPS) is 24.9. The summed E-state index contributed by atoms with van der Waals surface area (Å²) in [4.78, 5) is 50.2. The average molecular weight is 398 g/mol. The first-order valence-corrected chi connectivity index (χ1v) is 8.58. The van der Waals surface area contributed by atoms with Gasteiger partial charge in [-0.1, -0.05) is 18.2 Å². The summed E-state index contributed by atoms with van der Waals surface area (Å²) in [6.07, 6.45) is -1.60. The van der Waals surface area contributed by atoms with Crippen molar-refractivity contribution in [1.29, 1.82) is 0 Å². The maximum atomic E-state index is 14.0. The van der Waals surface area contributed by atoms with E-state index in [-0.39, 0.29) is 11.3 Å². The van der Waals surface area contributed by atoms with E-state index in [4.69, 9.17) is 10.5 Å². The fourth-order valence-electron chi connectivity index (χ4n) is 3.69. The van der Waals surface area contributed by atoms with Crippen LogP contribution in [0.15, 0.2) is 48.5 Å². The van der Waals surface area contributed by atoms with E-state index in [0.717, 1.165) is 12.1 Å². The largest absolute Gasteiger partial charge is 0.479 e. The number of imide groups is 1. The van der Waals surface area contributed by atoms with Gasteiger partial charge in [0.2, 0.25) is 5.91 Å². The Kier molecular flexibility index (Phi) is 4.18. The third-order valence-corrected chi connectivity index (χ3v) is 4.89. The molecule has 9 nitrogen and oxygen atoms in total. The molecule has 148 valence electrons. The second-order valence-electron chi connectivity index (χ2n) is 6.63. The van der Waals surface area contributed by atoms with E-state index < -0.39 is 47.1 Å². The quantitative estimate of drug-likeness (QED) is 0.553. The highest BCUT2D eigenvalue weighted by Gasteiger charge is 2.64. The van der Waals surface area contributed by atoms with Crippen LogP contribution in [-0.4, -0.2) is 29.9 Å². The summed E-state index contributed by atoms with van der Waals surface area (Å²) >= 11 is 0. The molecule has 1 fully saturated rings.